The highest BCUT2D eigenvalue weighted by atomic mass is 35.5. The number of amides is 1. The topological polar surface area (TPSA) is 58.6 Å². The molecule has 1 aromatic rings. The van der Waals surface area contributed by atoms with E-state index in [4.69, 9.17) is 21.4 Å². The van der Waals surface area contributed by atoms with Crippen molar-refractivity contribution < 1.29 is 14.6 Å². The fraction of sp³-hybridized carbons (Fsp3) is 0.417. The second-order valence-electron chi connectivity index (χ2n) is 4.59. The lowest BCUT2D eigenvalue weighted by atomic mass is 10.2. The smallest absolute Gasteiger partial charge is 0.412 e. The van der Waals surface area contributed by atoms with Gasteiger partial charge in [0, 0.05) is 10.6 Å². The van der Waals surface area contributed by atoms with Crippen LogP contribution in [0.5, 0.6) is 0 Å². The summed E-state index contributed by atoms with van der Waals surface area (Å²) < 4.78 is 5.11. The van der Waals surface area contributed by atoms with E-state index in [1.807, 2.05) is 0 Å². The molecule has 2 N–H and O–H groups in total. The molecular weight excluding hydrogens is 242 g/mol. The Bertz CT molecular complexity index is 413. The number of carbonyl (C=O) groups excluding carboxylic acids is 1. The fourth-order valence-corrected chi connectivity index (χ4v) is 1.39. The molecule has 0 aliphatic heterocycles. The Balaban J connectivity index is 2.80. The molecule has 17 heavy (non-hydrogen) atoms. The summed E-state index contributed by atoms with van der Waals surface area (Å²) in [6, 6.07) is 4.86. The number of aliphatic hydroxyl groups is 1. The average Bonchev–Trinajstić information content (AvgIpc) is 2.14. The number of benzene rings is 1. The molecule has 0 unspecified atom stereocenters. The molecule has 0 radical (unpaired) electrons. The molecule has 0 aliphatic rings. The summed E-state index contributed by atoms with van der Waals surface area (Å²) >= 11 is 5.82. The molecule has 0 heterocycles. The average molecular weight is 258 g/mol. The Labute approximate surface area is 106 Å². The molecule has 1 amide bonds. The number of aliphatic hydroxyl groups excluding tert-OH is 1. The summed E-state index contributed by atoms with van der Waals surface area (Å²) in [5.41, 5.74) is 0.469. The van der Waals surface area contributed by atoms with Crippen molar-refractivity contribution in [3.8, 4) is 0 Å². The lowest BCUT2D eigenvalue weighted by Crippen LogP contribution is -2.27. The van der Waals surface area contributed by atoms with Gasteiger partial charge in [-0.2, -0.15) is 0 Å². The van der Waals surface area contributed by atoms with E-state index in [2.05, 4.69) is 5.32 Å². The maximum Gasteiger partial charge on any atom is 0.412 e. The van der Waals surface area contributed by atoms with Gasteiger partial charge in [-0.3, -0.25) is 5.32 Å². The van der Waals surface area contributed by atoms with Crippen molar-refractivity contribution in [2.45, 2.75) is 33.0 Å². The molecular formula is C12H16ClNO3. The molecule has 5 heteroatoms. The third-order valence-corrected chi connectivity index (χ3v) is 2.11. The van der Waals surface area contributed by atoms with Gasteiger partial charge in [0.25, 0.3) is 0 Å². The highest BCUT2D eigenvalue weighted by molar-refractivity contribution is 6.31. The van der Waals surface area contributed by atoms with Gasteiger partial charge in [-0.15, -0.1) is 0 Å². The minimum absolute atomic E-state index is 0.178. The van der Waals surface area contributed by atoms with Crippen LogP contribution in [0.25, 0.3) is 0 Å². The van der Waals surface area contributed by atoms with Crippen molar-refractivity contribution in [1.82, 2.24) is 0 Å². The van der Waals surface area contributed by atoms with Crippen molar-refractivity contribution >= 4 is 23.4 Å². The first-order chi connectivity index (χ1) is 7.81. The highest BCUT2D eigenvalue weighted by Gasteiger charge is 2.17. The second kappa shape index (κ2) is 5.38. The van der Waals surface area contributed by atoms with Crippen molar-refractivity contribution in [2.24, 2.45) is 0 Å². The zero-order valence-corrected chi connectivity index (χ0v) is 10.8. The van der Waals surface area contributed by atoms with Crippen LogP contribution in [-0.2, 0) is 11.3 Å². The van der Waals surface area contributed by atoms with Gasteiger partial charge in [-0.1, -0.05) is 17.7 Å². The van der Waals surface area contributed by atoms with E-state index in [-0.39, 0.29) is 6.61 Å². The first-order valence-electron chi connectivity index (χ1n) is 5.21. The van der Waals surface area contributed by atoms with Crippen LogP contribution in [0.3, 0.4) is 0 Å². The third-order valence-electron chi connectivity index (χ3n) is 1.88. The molecule has 0 saturated heterocycles. The summed E-state index contributed by atoms with van der Waals surface area (Å²) in [6.07, 6.45) is -0.575. The minimum atomic E-state index is -0.575. The van der Waals surface area contributed by atoms with Crippen LogP contribution < -0.4 is 5.32 Å². The Morgan fingerprint density at radius 2 is 2.12 bits per heavy atom. The van der Waals surface area contributed by atoms with Crippen LogP contribution in [0.1, 0.15) is 26.3 Å². The van der Waals surface area contributed by atoms with E-state index < -0.39 is 11.7 Å². The van der Waals surface area contributed by atoms with Crippen LogP contribution in [0.15, 0.2) is 18.2 Å². The molecule has 0 fully saturated rings. The van der Waals surface area contributed by atoms with Gasteiger partial charge in [-0.05, 0) is 32.9 Å². The van der Waals surface area contributed by atoms with Gasteiger partial charge in [0.15, 0.2) is 0 Å². The zero-order valence-electron chi connectivity index (χ0n) is 10.1. The molecule has 0 spiro atoms. The minimum Gasteiger partial charge on any atom is -0.444 e. The van der Waals surface area contributed by atoms with E-state index in [1.165, 1.54) is 0 Å². The molecule has 0 saturated carbocycles. The number of carbonyl (C=O) groups is 1. The van der Waals surface area contributed by atoms with Crippen LogP contribution in [0.2, 0.25) is 5.02 Å². The van der Waals surface area contributed by atoms with Gasteiger partial charge in [0.2, 0.25) is 0 Å². The summed E-state index contributed by atoms with van der Waals surface area (Å²) in [4.78, 5) is 11.5. The summed E-state index contributed by atoms with van der Waals surface area (Å²) in [7, 11) is 0. The Kier molecular flexibility index (Phi) is 4.37. The molecule has 0 aromatic heterocycles. The first kappa shape index (κ1) is 13.8. The number of hydrogen-bond donors (Lipinski definition) is 2. The van der Waals surface area contributed by atoms with Crippen molar-refractivity contribution in [2.75, 3.05) is 5.32 Å². The van der Waals surface area contributed by atoms with Crippen LogP contribution in [0.4, 0.5) is 10.5 Å². The van der Waals surface area contributed by atoms with Crippen molar-refractivity contribution in [1.29, 1.82) is 0 Å². The number of ether oxygens (including phenoxy) is 1. The monoisotopic (exact) mass is 257 g/mol. The number of halogens is 1. The number of rotatable bonds is 2. The van der Waals surface area contributed by atoms with Gasteiger partial charge < -0.3 is 9.84 Å². The quantitative estimate of drug-likeness (QED) is 0.856. The first-order valence-corrected chi connectivity index (χ1v) is 5.59. The van der Waals surface area contributed by atoms with Crippen LogP contribution in [-0.4, -0.2) is 16.8 Å². The van der Waals surface area contributed by atoms with E-state index in [1.54, 1.807) is 39.0 Å². The molecule has 0 bridgehead atoms. The lowest BCUT2D eigenvalue weighted by Gasteiger charge is -2.20. The zero-order chi connectivity index (χ0) is 13.1. The van der Waals surface area contributed by atoms with Gasteiger partial charge in [-0.25, -0.2) is 4.79 Å². The number of hydrogen-bond acceptors (Lipinski definition) is 3. The normalized spacial score (nSPS) is 11.1. The van der Waals surface area contributed by atoms with Gasteiger partial charge >= 0.3 is 6.09 Å². The third kappa shape index (κ3) is 4.63. The number of nitrogens with one attached hydrogen (secondary N) is 1. The summed E-state index contributed by atoms with van der Waals surface area (Å²) in [5, 5.41) is 12.2. The predicted octanol–water partition coefficient (Wildman–Crippen LogP) is 3.18. The van der Waals surface area contributed by atoms with E-state index in [0.717, 1.165) is 0 Å². The maximum absolute atomic E-state index is 11.5. The van der Waals surface area contributed by atoms with Crippen LogP contribution >= 0.6 is 11.6 Å². The van der Waals surface area contributed by atoms with E-state index in [0.29, 0.717) is 16.3 Å². The predicted molar refractivity (Wildman–Crippen MR) is 67.2 cm³/mol. The van der Waals surface area contributed by atoms with E-state index in [9.17, 15) is 4.79 Å². The maximum atomic E-state index is 11.5. The lowest BCUT2D eigenvalue weighted by molar-refractivity contribution is 0.0635. The number of anilines is 1. The molecule has 4 nitrogen and oxygen atoms in total. The summed E-state index contributed by atoms with van der Waals surface area (Å²) in [5.74, 6) is 0. The van der Waals surface area contributed by atoms with Gasteiger partial charge in [0.1, 0.15) is 5.60 Å². The van der Waals surface area contributed by atoms with Crippen molar-refractivity contribution in [3.63, 3.8) is 0 Å². The molecule has 0 atom stereocenters. The molecule has 94 valence electrons. The standard InChI is InChI=1S/C12H16ClNO3/c1-12(2,3)17-11(16)14-10-6-9(13)5-4-8(10)7-15/h4-6,15H,7H2,1-3H3,(H,14,16). The molecule has 1 aromatic carbocycles. The molecule has 0 aliphatic carbocycles. The van der Waals surface area contributed by atoms with E-state index >= 15 is 0 Å². The van der Waals surface area contributed by atoms with Gasteiger partial charge in [0.05, 0.1) is 12.3 Å². The SMILES string of the molecule is CC(C)(C)OC(=O)Nc1cc(Cl)ccc1CO. The molecule has 1 rings (SSSR count). The fourth-order valence-electron chi connectivity index (χ4n) is 1.22. The highest BCUT2D eigenvalue weighted by Crippen LogP contribution is 2.22. The largest absolute Gasteiger partial charge is 0.444 e. The Morgan fingerprint density at radius 3 is 2.65 bits per heavy atom. The Morgan fingerprint density at radius 1 is 1.47 bits per heavy atom. The Hall–Kier alpha value is -1.26. The summed E-state index contributed by atoms with van der Waals surface area (Å²) in [6.45, 7) is 5.15. The van der Waals surface area contributed by atoms with Crippen LogP contribution in [0, 0.1) is 0 Å². The second-order valence-corrected chi connectivity index (χ2v) is 5.02. The van der Waals surface area contributed by atoms with Crippen molar-refractivity contribution in [3.05, 3.63) is 28.8 Å².